The van der Waals surface area contributed by atoms with Gasteiger partial charge in [-0.25, -0.2) is 4.98 Å². The Balaban J connectivity index is 2.23. The van der Waals surface area contributed by atoms with Gasteiger partial charge in [0.2, 0.25) is 0 Å². The predicted molar refractivity (Wildman–Crippen MR) is 41.2 cm³/mol. The molecule has 4 heteroatoms. The average molecular weight is 167 g/mol. The van der Waals surface area contributed by atoms with Crippen LogP contribution in [0.1, 0.15) is 0 Å². The lowest BCUT2D eigenvalue weighted by Crippen LogP contribution is -2.32. The molecule has 1 aliphatic heterocycles. The maximum atomic E-state index is 8.78. The monoisotopic (exact) mass is 167 g/mol. The van der Waals surface area contributed by atoms with Crippen molar-refractivity contribution in [1.29, 1.82) is 0 Å². The molecule has 0 aromatic carbocycles. The fraction of sp³-hybridized carbons (Fsp3) is 0.375. The lowest BCUT2D eigenvalue weighted by atomic mass is 10.3. The molecule has 0 fully saturated rings. The minimum atomic E-state index is -0.285. The van der Waals surface area contributed by atoms with Gasteiger partial charge in [-0.3, -0.25) is 0 Å². The van der Waals surface area contributed by atoms with Crippen LogP contribution in [0.5, 0.6) is 11.6 Å². The first-order chi connectivity index (χ1) is 5.90. The number of aliphatic hydroxyl groups is 1. The summed E-state index contributed by atoms with van der Waals surface area (Å²) in [4.78, 5) is 3.96. The van der Waals surface area contributed by atoms with Crippen LogP contribution in [0.15, 0.2) is 18.3 Å². The SMILES string of the molecule is OC[C@H]1COc2cccnc2O1. The topological polar surface area (TPSA) is 51.6 Å². The second-order valence-corrected chi connectivity index (χ2v) is 2.54. The molecule has 1 aromatic heterocycles. The van der Waals surface area contributed by atoms with Crippen LogP contribution in [0.3, 0.4) is 0 Å². The maximum Gasteiger partial charge on any atom is 0.257 e. The molecule has 2 rings (SSSR count). The molecular formula is C8H9NO3. The predicted octanol–water partition coefficient (Wildman–Crippen LogP) is 0.214. The van der Waals surface area contributed by atoms with Crippen molar-refractivity contribution >= 4 is 0 Å². The van der Waals surface area contributed by atoms with Crippen molar-refractivity contribution in [3.05, 3.63) is 18.3 Å². The Morgan fingerprint density at radius 3 is 3.42 bits per heavy atom. The quantitative estimate of drug-likeness (QED) is 0.649. The van der Waals surface area contributed by atoms with Gasteiger partial charge in [0.05, 0.1) is 6.61 Å². The third-order valence-corrected chi connectivity index (χ3v) is 1.64. The minimum absolute atomic E-state index is 0.0456. The summed E-state index contributed by atoms with van der Waals surface area (Å²) < 4.78 is 10.6. The fourth-order valence-corrected chi connectivity index (χ4v) is 1.04. The van der Waals surface area contributed by atoms with Gasteiger partial charge in [-0.2, -0.15) is 0 Å². The van der Waals surface area contributed by atoms with Crippen LogP contribution in [0, 0.1) is 0 Å². The first kappa shape index (κ1) is 7.36. The van der Waals surface area contributed by atoms with Gasteiger partial charge in [-0.05, 0) is 12.1 Å². The Bertz CT molecular complexity index is 277. The second-order valence-electron chi connectivity index (χ2n) is 2.54. The van der Waals surface area contributed by atoms with Crippen molar-refractivity contribution in [1.82, 2.24) is 4.98 Å². The third kappa shape index (κ3) is 1.21. The molecule has 0 bridgehead atoms. The molecule has 2 heterocycles. The summed E-state index contributed by atoms with van der Waals surface area (Å²) in [6.45, 7) is 0.338. The molecule has 0 amide bonds. The fourth-order valence-electron chi connectivity index (χ4n) is 1.04. The number of ether oxygens (including phenoxy) is 2. The first-order valence-corrected chi connectivity index (χ1v) is 3.75. The number of rotatable bonds is 1. The van der Waals surface area contributed by atoms with Crippen LogP contribution < -0.4 is 9.47 Å². The van der Waals surface area contributed by atoms with E-state index in [1.54, 1.807) is 18.3 Å². The maximum absolute atomic E-state index is 8.78. The molecule has 0 saturated carbocycles. The van der Waals surface area contributed by atoms with Crippen molar-refractivity contribution < 1.29 is 14.6 Å². The van der Waals surface area contributed by atoms with Crippen molar-refractivity contribution in [2.75, 3.05) is 13.2 Å². The first-order valence-electron chi connectivity index (χ1n) is 3.75. The number of aliphatic hydroxyl groups excluding tert-OH is 1. The molecule has 64 valence electrons. The highest BCUT2D eigenvalue weighted by Crippen LogP contribution is 2.27. The number of aromatic nitrogens is 1. The normalized spacial score (nSPS) is 20.6. The number of nitrogens with zero attached hydrogens (tertiary/aromatic N) is 1. The molecule has 12 heavy (non-hydrogen) atoms. The van der Waals surface area contributed by atoms with Crippen LogP contribution >= 0.6 is 0 Å². The zero-order valence-corrected chi connectivity index (χ0v) is 6.43. The zero-order valence-electron chi connectivity index (χ0n) is 6.43. The summed E-state index contributed by atoms with van der Waals surface area (Å²) in [5, 5.41) is 8.78. The highest BCUT2D eigenvalue weighted by atomic mass is 16.6. The van der Waals surface area contributed by atoms with E-state index in [0.717, 1.165) is 0 Å². The Hall–Kier alpha value is -1.29. The van der Waals surface area contributed by atoms with Crippen LogP contribution in [0.4, 0.5) is 0 Å². The van der Waals surface area contributed by atoms with Gasteiger partial charge in [0.1, 0.15) is 6.61 Å². The lowest BCUT2D eigenvalue weighted by Gasteiger charge is -2.23. The molecule has 4 nitrogen and oxygen atoms in total. The van der Waals surface area contributed by atoms with E-state index in [0.29, 0.717) is 18.2 Å². The van der Waals surface area contributed by atoms with Crippen molar-refractivity contribution in [3.63, 3.8) is 0 Å². The van der Waals surface area contributed by atoms with E-state index >= 15 is 0 Å². The van der Waals surface area contributed by atoms with Gasteiger partial charge >= 0.3 is 0 Å². The Morgan fingerprint density at radius 2 is 2.58 bits per heavy atom. The molecule has 1 aromatic rings. The number of hydrogen-bond donors (Lipinski definition) is 1. The average Bonchev–Trinajstić information content (AvgIpc) is 2.17. The van der Waals surface area contributed by atoms with Crippen LogP contribution in [-0.4, -0.2) is 29.4 Å². The summed E-state index contributed by atoms with van der Waals surface area (Å²) in [5.74, 6) is 1.10. The molecule has 0 spiro atoms. The molecule has 0 unspecified atom stereocenters. The van der Waals surface area contributed by atoms with Crippen LogP contribution in [0.25, 0.3) is 0 Å². The van der Waals surface area contributed by atoms with E-state index in [1.165, 1.54) is 0 Å². The van der Waals surface area contributed by atoms with E-state index < -0.39 is 0 Å². The molecular weight excluding hydrogens is 158 g/mol. The Morgan fingerprint density at radius 1 is 1.67 bits per heavy atom. The third-order valence-electron chi connectivity index (χ3n) is 1.64. The van der Waals surface area contributed by atoms with Crippen molar-refractivity contribution in [2.24, 2.45) is 0 Å². The number of fused-ring (bicyclic) bond motifs is 1. The zero-order chi connectivity index (χ0) is 8.39. The molecule has 1 atom stereocenters. The van der Waals surface area contributed by atoms with Gasteiger partial charge in [0, 0.05) is 6.20 Å². The standard InChI is InChI=1S/C8H9NO3/c10-4-6-5-11-7-2-1-3-9-8(7)12-6/h1-3,6,10H,4-5H2/t6-/m0/s1. The van der Waals surface area contributed by atoms with E-state index in [-0.39, 0.29) is 12.7 Å². The summed E-state index contributed by atoms with van der Waals surface area (Å²) in [7, 11) is 0. The van der Waals surface area contributed by atoms with E-state index in [4.69, 9.17) is 14.6 Å². The van der Waals surface area contributed by atoms with Gasteiger partial charge in [-0.1, -0.05) is 0 Å². The van der Waals surface area contributed by atoms with Gasteiger partial charge in [0.25, 0.3) is 5.88 Å². The molecule has 1 N–H and O–H groups in total. The second kappa shape index (κ2) is 2.98. The summed E-state index contributed by atoms with van der Waals surface area (Å²) in [5.41, 5.74) is 0. The molecule has 0 aliphatic carbocycles. The minimum Gasteiger partial charge on any atom is -0.484 e. The smallest absolute Gasteiger partial charge is 0.257 e. The summed E-state index contributed by atoms with van der Waals surface area (Å²) in [6.07, 6.45) is 1.34. The van der Waals surface area contributed by atoms with Crippen LogP contribution in [0.2, 0.25) is 0 Å². The summed E-state index contributed by atoms with van der Waals surface area (Å²) in [6, 6.07) is 3.57. The lowest BCUT2D eigenvalue weighted by molar-refractivity contribution is 0.0411. The molecule has 0 radical (unpaired) electrons. The van der Waals surface area contributed by atoms with Crippen LogP contribution in [-0.2, 0) is 0 Å². The van der Waals surface area contributed by atoms with E-state index in [2.05, 4.69) is 4.98 Å². The highest BCUT2D eigenvalue weighted by molar-refractivity contribution is 5.33. The number of pyridine rings is 1. The number of hydrogen-bond acceptors (Lipinski definition) is 4. The Kier molecular flexibility index (Phi) is 1.83. The van der Waals surface area contributed by atoms with Gasteiger partial charge in [0.15, 0.2) is 11.9 Å². The highest BCUT2D eigenvalue weighted by Gasteiger charge is 2.20. The Labute approximate surface area is 69.8 Å². The molecule has 1 aliphatic rings. The van der Waals surface area contributed by atoms with E-state index in [1.807, 2.05) is 0 Å². The van der Waals surface area contributed by atoms with E-state index in [9.17, 15) is 0 Å². The largest absolute Gasteiger partial charge is 0.484 e. The molecule has 0 saturated heterocycles. The summed E-state index contributed by atoms with van der Waals surface area (Å²) >= 11 is 0. The van der Waals surface area contributed by atoms with Crippen molar-refractivity contribution in [2.45, 2.75) is 6.10 Å². The van der Waals surface area contributed by atoms with Gasteiger partial charge < -0.3 is 14.6 Å². The van der Waals surface area contributed by atoms with Crippen molar-refractivity contribution in [3.8, 4) is 11.6 Å². The van der Waals surface area contributed by atoms with Gasteiger partial charge in [-0.15, -0.1) is 0 Å².